The lowest BCUT2D eigenvalue weighted by Gasteiger charge is -2.32. The van der Waals surface area contributed by atoms with Crippen LogP contribution in [0, 0.1) is 17.1 Å². The standard InChI is InChI=1S/C37H41FN6O5/c1-23(45)28-17-33-32(18-31(28)42-36(46)49-37(2,3)4)40-34(44(33)20-27-12-15-47-27)21-43-13-10-25(11-14-43)30-6-5-7-35(41-30)48-22-26-9-8-24(19-39)16-29(26)38/h5-9,16-18,25,27H,10-15,20-22H2,1-4H3,(H,42,46)/t27-/m0/s1. The lowest BCUT2D eigenvalue weighted by atomic mass is 9.93. The minimum Gasteiger partial charge on any atom is -0.473 e. The zero-order chi connectivity index (χ0) is 34.7. The summed E-state index contributed by atoms with van der Waals surface area (Å²) in [5.74, 6) is 0.896. The Morgan fingerprint density at radius 3 is 2.53 bits per heavy atom. The van der Waals surface area contributed by atoms with E-state index in [0.717, 1.165) is 56.0 Å². The van der Waals surface area contributed by atoms with Gasteiger partial charge < -0.3 is 18.8 Å². The van der Waals surface area contributed by atoms with Crippen molar-refractivity contribution in [3.8, 4) is 11.9 Å². The van der Waals surface area contributed by atoms with Gasteiger partial charge in [0, 0.05) is 35.4 Å². The van der Waals surface area contributed by atoms with E-state index in [1.807, 2.05) is 24.3 Å². The van der Waals surface area contributed by atoms with Crippen LogP contribution in [0.4, 0.5) is 14.9 Å². The summed E-state index contributed by atoms with van der Waals surface area (Å²) in [7, 11) is 0. The number of anilines is 1. The van der Waals surface area contributed by atoms with Gasteiger partial charge in [-0.05, 0) is 90.4 Å². The lowest BCUT2D eigenvalue weighted by molar-refractivity contribution is -0.0592. The number of amides is 1. The van der Waals surface area contributed by atoms with Crippen LogP contribution in [0.15, 0.2) is 48.5 Å². The number of aromatic nitrogens is 3. The number of nitrogens with one attached hydrogen (secondary N) is 1. The van der Waals surface area contributed by atoms with Crippen LogP contribution in [0.3, 0.4) is 0 Å². The Bertz CT molecular complexity index is 1900. The summed E-state index contributed by atoms with van der Waals surface area (Å²) in [5.41, 5.74) is 3.14. The molecule has 0 radical (unpaired) electrons. The number of imidazole rings is 1. The molecule has 2 aliphatic heterocycles. The molecule has 1 amide bonds. The van der Waals surface area contributed by atoms with E-state index in [1.54, 1.807) is 45.0 Å². The van der Waals surface area contributed by atoms with Crippen LogP contribution in [0.25, 0.3) is 11.0 Å². The fourth-order valence-corrected chi connectivity index (χ4v) is 6.20. The Balaban J connectivity index is 1.15. The van der Waals surface area contributed by atoms with Crippen molar-refractivity contribution in [1.82, 2.24) is 19.4 Å². The lowest BCUT2D eigenvalue weighted by Crippen LogP contribution is -2.35. The van der Waals surface area contributed by atoms with Crippen molar-refractivity contribution >= 4 is 28.6 Å². The number of hydrogen-bond donors (Lipinski definition) is 1. The summed E-state index contributed by atoms with van der Waals surface area (Å²) in [6, 6.07) is 15.5. The number of pyridine rings is 1. The normalized spacial score (nSPS) is 16.9. The van der Waals surface area contributed by atoms with E-state index < -0.39 is 17.5 Å². The Morgan fingerprint density at radius 2 is 1.88 bits per heavy atom. The minimum absolute atomic E-state index is 0.0196. The second-order valence-electron chi connectivity index (χ2n) is 13.6. The number of nitrogens with zero attached hydrogens (tertiary/aromatic N) is 5. The number of hydrogen-bond acceptors (Lipinski definition) is 9. The highest BCUT2D eigenvalue weighted by Crippen LogP contribution is 2.31. The molecule has 2 aliphatic rings. The van der Waals surface area contributed by atoms with E-state index in [-0.39, 0.29) is 30.0 Å². The summed E-state index contributed by atoms with van der Waals surface area (Å²) < 4.78 is 33.5. The van der Waals surface area contributed by atoms with Gasteiger partial charge in [-0.15, -0.1) is 0 Å². The number of carbonyl (C=O) groups is 2. The van der Waals surface area contributed by atoms with Crippen molar-refractivity contribution in [2.45, 2.75) is 84.3 Å². The molecule has 1 N–H and O–H groups in total. The molecule has 12 heteroatoms. The molecule has 4 aromatic rings. The average molecular weight is 669 g/mol. The number of piperidine rings is 1. The first kappa shape index (κ1) is 34.0. The fourth-order valence-electron chi connectivity index (χ4n) is 6.20. The third-order valence-electron chi connectivity index (χ3n) is 8.83. The molecule has 2 aromatic heterocycles. The number of benzene rings is 2. The van der Waals surface area contributed by atoms with Crippen molar-refractivity contribution in [1.29, 1.82) is 5.26 Å². The Morgan fingerprint density at radius 1 is 1.10 bits per heavy atom. The van der Waals surface area contributed by atoms with Gasteiger partial charge in [0.2, 0.25) is 5.88 Å². The van der Waals surface area contributed by atoms with E-state index in [9.17, 15) is 14.0 Å². The quantitative estimate of drug-likeness (QED) is 0.183. The molecule has 0 spiro atoms. The van der Waals surface area contributed by atoms with E-state index in [1.165, 1.54) is 13.0 Å². The largest absolute Gasteiger partial charge is 0.473 e. The van der Waals surface area contributed by atoms with Crippen LogP contribution in [0.5, 0.6) is 5.88 Å². The van der Waals surface area contributed by atoms with Gasteiger partial charge in [0.15, 0.2) is 5.78 Å². The van der Waals surface area contributed by atoms with E-state index >= 15 is 0 Å². The maximum atomic E-state index is 14.3. The minimum atomic E-state index is -0.684. The number of carbonyl (C=O) groups excluding carboxylic acids is 2. The summed E-state index contributed by atoms with van der Waals surface area (Å²) in [5, 5.41) is 11.7. The van der Waals surface area contributed by atoms with E-state index in [2.05, 4.69) is 14.8 Å². The first-order valence-corrected chi connectivity index (χ1v) is 16.6. The number of halogens is 1. The molecule has 2 aromatic carbocycles. The van der Waals surface area contributed by atoms with Crippen LogP contribution >= 0.6 is 0 Å². The summed E-state index contributed by atoms with van der Waals surface area (Å²) in [6.07, 6.45) is 2.19. The van der Waals surface area contributed by atoms with Gasteiger partial charge in [-0.3, -0.25) is 15.0 Å². The predicted molar refractivity (Wildman–Crippen MR) is 181 cm³/mol. The molecule has 0 saturated carbocycles. The van der Waals surface area contributed by atoms with Crippen molar-refractivity contribution in [3.05, 3.63) is 82.6 Å². The van der Waals surface area contributed by atoms with Gasteiger partial charge in [0.25, 0.3) is 0 Å². The highest BCUT2D eigenvalue weighted by molar-refractivity contribution is 6.06. The molecule has 49 heavy (non-hydrogen) atoms. The van der Waals surface area contributed by atoms with Crippen LogP contribution in [-0.2, 0) is 29.2 Å². The number of rotatable bonds is 10. The number of likely N-dealkylation sites (tertiary alicyclic amines) is 1. The summed E-state index contributed by atoms with van der Waals surface area (Å²) in [6.45, 7) is 10.5. The van der Waals surface area contributed by atoms with E-state index in [4.69, 9.17) is 29.4 Å². The van der Waals surface area contributed by atoms with Gasteiger partial charge in [-0.25, -0.2) is 19.2 Å². The molecule has 6 rings (SSSR count). The molecular weight excluding hydrogens is 627 g/mol. The third kappa shape index (κ3) is 8.24. The van der Waals surface area contributed by atoms with Gasteiger partial charge >= 0.3 is 6.09 Å². The molecular formula is C37H41FN6O5. The molecule has 2 fully saturated rings. The number of nitriles is 1. The predicted octanol–water partition coefficient (Wildman–Crippen LogP) is 6.74. The first-order valence-electron chi connectivity index (χ1n) is 16.6. The van der Waals surface area contributed by atoms with E-state index in [0.29, 0.717) is 41.3 Å². The number of ketones is 1. The highest BCUT2D eigenvalue weighted by Gasteiger charge is 2.27. The molecule has 0 aliphatic carbocycles. The molecule has 256 valence electrons. The van der Waals surface area contributed by atoms with Gasteiger partial charge in [-0.2, -0.15) is 5.26 Å². The van der Waals surface area contributed by atoms with Crippen LogP contribution in [0.2, 0.25) is 0 Å². The van der Waals surface area contributed by atoms with Gasteiger partial charge in [0.05, 0.1) is 47.5 Å². The highest BCUT2D eigenvalue weighted by atomic mass is 19.1. The summed E-state index contributed by atoms with van der Waals surface area (Å²) in [4.78, 5) is 37.4. The third-order valence-corrected chi connectivity index (χ3v) is 8.83. The van der Waals surface area contributed by atoms with Gasteiger partial charge in [0.1, 0.15) is 23.8 Å². The smallest absolute Gasteiger partial charge is 0.412 e. The number of ether oxygens (including phenoxy) is 3. The van der Waals surface area contributed by atoms with Gasteiger partial charge in [-0.1, -0.05) is 12.1 Å². The Labute approximate surface area is 285 Å². The molecule has 0 bridgehead atoms. The topological polar surface area (TPSA) is 132 Å². The maximum Gasteiger partial charge on any atom is 0.412 e. The second kappa shape index (κ2) is 14.3. The SMILES string of the molecule is CC(=O)c1cc2c(cc1NC(=O)OC(C)(C)C)nc(CN1CCC(c3cccc(OCc4ccc(C#N)cc4F)n3)CC1)n2C[C@@H]1CCO1. The Kier molecular flexibility index (Phi) is 9.94. The number of Topliss-reactive ketones (excluding diaryl/α,β-unsaturated/α-hetero) is 1. The van der Waals surface area contributed by atoms with Crippen molar-refractivity contribution in [3.63, 3.8) is 0 Å². The molecule has 0 unspecified atom stereocenters. The zero-order valence-corrected chi connectivity index (χ0v) is 28.3. The molecule has 1 atom stereocenters. The first-order chi connectivity index (χ1) is 23.5. The van der Waals surface area contributed by atoms with Crippen LogP contribution in [0.1, 0.15) is 85.9 Å². The van der Waals surface area contributed by atoms with Crippen molar-refractivity contribution < 1.29 is 28.2 Å². The zero-order valence-electron chi connectivity index (χ0n) is 28.3. The van der Waals surface area contributed by atoms with Crippen LogP contribution in [-0.4, -0.2) is 62.7 Å². The fraction of sp³-hybridized carbons (Fsp3) is 0.432. The Hall–Kier alpha value is -4.86. The van der Waals surface area contributed by atoms with Crippen molar-refractivity contribution in [2.24, 2.45) is 0 Å². The average Bonchev–Trinajstić information content (AvgIpc) is 3.36. The second-order valence-corrected chi connectivity index (χ2v) is 13.6. The molecule has 2 saturated heterocycles. The summed E-state index contributed by atoms with van der Waals surface area (Å²) >= 11 is 0. The van der Waals surface area contributed by atoms with Crippen molar-refractivity contribution in [2.75, 3.05) is 25.0 Å². The monoisotopic (exact) mass is 668 g/mol. The maximum absolute atomic E-state index is 14.3. The number of fused-ring (bicyclic) bond motifs is 1. The molecule has 4 heterocycles. The molecule has 11 nitrogen and oxygen atoms in total. The van der Waals surface area contributed by atoms with Crippen LogP contribution < -0.4 is 10.1 Å².